The van der Waals surface area contributed by atoms with Gasteiger partial charge in [-0.1, -0.05) is 12.1 Å². The van der Waals surface area contributed by atoms with Crippen molar-refractivity contribution in [3.63, 3.8) is 0 Å². The Hall–Kier alpha value is -2.43. The SMILES string of the molecule is Cc1ccc(F)cc1OCc1cccc(C(=O)O)n1. The number of hydrogen-bond acceptors (Lipinski definition) is 3. The number of ether oxygens (including phenoxy) is 1. The molecule has 0 aliphatic heterocycles. The first kappa shape index (κ1) is 13.0. The van der Waals surface area contributed by atoms with Gasteiger partial charge >= 0.3 is 5.97 Å². The van der Waals surface area contributed by atoms with Gasteiger partial charge in [-0.25, -0.2) is 14.2 Å². The standard InChI is InChI=1S/C14H12FNO3/c1-9-5-6-10(15)7-13(9)19-8-11-3-2-4-12(16-11)14(17)18/h2-7H,8H2,1H3,(H,17,18). The van der Waals surface area contributed by atoms with Gasteiger partial charge in [-0.2, -0.15) is 0 Å². The van der Waals surface area contributed by atoms with Crippen molar-refractivity contribution in [1.29, 1.82) is 0 Å². The minimum atomic E-state index is -1.09. The van der Waals surface area contributed by atoms with Crippen molar-refractivity contribution < 1.29 is 19.0 Å². The number of nitrogens with zero attached hydrogens (tertiary/aromatic N) is 1. The lowest BCUT2D eigenvalue weighted by Crippen LogP contribution is -2.05. The minimum Gasteiger partial charge on any atom is -0.487 e. The Morgan fingerprint density at radius 1 is 1.37 bits per heavy atom. The molecule has 0 aliphatic carbocycles. The van der Waals surface area contributed by atoms with Gasteiger partial charge in [0, 0.05) is 6.07 Å². The van der Waals surface area contributed by atoms with Crippen LogP contribution in [0.2, 0.25) is 0 Å². The van der Waals surface area contributed by atoms with E-state index in [1.54, 1.807) is 25.1 Å². The summed E-state index contributed by atoms with van der Waals surface area (Å²) in [5.41, 5.74) is 1.23. The monoisotopic (exact) mass is 261 g/mol. The van der Waals surface area contributed by atoms with Gasteiger partial charge in [-0.3, -0.25) is 0 Å². The van der Waals surface area contributed by atoms with Gasteiger partial charge in [0.15, 0.2) is 0 Å². The summed E-state index contributed by atoms with van der Waals surface area (Å²) in [6, 6.07) is 8.90. The first-order valence-corrected chi connectivity index (χ1v) is 5.64. The minimum absolute atomic E-state index is 0.0444. The summed E-state index contributed by atoms with van der Waals surface area (Å²) < 4.78 is 18.5. The fraction of sp³-hybridized carbons (Fsp3) is 0.143. The van der Waals surface area contributed by atoms with Crippen molar-refractivity contribution in [2.24, 2.45) is 0 Å². The van der Waals surface area contributed by atoms with Crippen molar-refractivity contribution >= 4 is 5.97 Å². The fourth-order valence-electron chi connectivity index (χ4n) is 1.56. The van der Waals surface area contributed by atoms with Crippen molar-refractivity contribution in [3.8, 4) is 5.75 Å². The molecule has 2 aromatic rings. The first-order chi connectivity index (χ1) is 9.06. The third-order valence-corrected chi connectivity index (χ3v) is 2.55. The number of aryl methyl sites for hydroxylation is 1. The Bertz CT molecular complexity index is 613. The number of benzene rings is 1. The number of carboxylic acids is 1. The van der Waals surface area contributed by atoms with Crippen LogP contribution in [0.5, 0.6) is 5.75 Å². The van der Waals surface area contributed by atoms with Crippen LogP contribution in [0.15, 0.2) is 36.4 Å². The number of hydrogen-bond donors (Lipinski definition) is 1. The number of rotatable bonds is 4. The van der Waals surface area contributed by atoms with Crippen LogP contribution in [-0.2, 0) is 6.61 Å². The van der Waals surface area contributed by atoms with E-state index >= 15 is 0 Å². The fourth-order valence-corrected chi connectivity index (χ4v) is 1.56. The molecule has 1 N–H and O–H groups in total. The van der Waals surface area contributed by atoms with E-state index in [1.165, 1.54) is 18.2 Å². The highest BCUT2D eigenvalue weighted by Crippen LogP contribution is 2.19. The lowest BCUT2D eigenvalue weighted by atomic mass is 10.2. The summed E-state index contributed by atoms with van der Waals surface area (Å²) >= 11 is 0. The van der Waals surface area contributed by atoms with E-state index in [-0.39, 0.29) is 18.1 Å². The molecule has 0 amide bonds. The lowest BCUT2D eigenvalue weighted by Gasteiger charge is -2.09. The zero-order valence-electron chi connectivity index (χ0n) is 10.3. The van der Waals surface area contributed by atoms with Crippen LogP contribution >= 0.6 is 0 Å². The van der Waals surface area contributed by atoms with E-state index in [1.807, 2.05) is 0 Å². The highest BCUT2D eigenvalue weighted by Gasteiger charge is 2.07. The molecule has 0 aliphatic rings. The van der Waals surface area contributed by atoms with Crippen LogP contribution in [0.25, 0.3) is 0 Å². The molecule has 1 heterocycles. The molecule has 0 unspecified atom stereocenters. The summed E-state index contributed by atoms with van der Waals surface area (Å²) in [7, 11) is 0. The molecule has 0 saturated heterocycles. The van der Waals surface area contributed by atoms with E-state index in [0.29, 0.717) is 11.4 Å². The maximum absolute atomic E-state index is 13.1. The predicted molar refractivity (Wildman–Crippen MR) is 66.7 cm³/mol. The molecular weight excluding hydrogens is 249 g/mol. The molecule has 0 radical (unpaired) electrons. The molecule has 19 heavy (non-hydrogen) atoms. The lowest BCUT2D eigenvalue weighted by molar-refractivity contribution is 0.0690. The highest BCUT2D eigenvalue weighted by atomic mass is 19.1. The average molecular weight is 261 g/mol. The Kier molecular flexibility index (Phi) is 3.75. The number of aromatic carboxylic acids is 1. The van der Waals surface area contributed by atoms with Crippen LogP contribution in [-0.4, -0.2) is 16.1 Å². The van der Waals surface area contributed by atoms with E-state index in [9.17, 15) is 9.18 Å². The van der Waals surface area contributed by atoms with Crippen molar-refractivity contribution in [2.75, 3.05) is 0 Å². The normalized spacial score (nSPS) is 10.2. The summed E-state index contributed by atoms with van der Waals surface area (Å²) in [4.78, 5) is 14.7. The molecule has 1 aromatic carbocycles. The van der Waals surface area contributed by atoms with Crippen molar-refractivity contribution in [2.45, 2.75) is 13.5 Å². The second-order valence-electron chi connectivity index (χ2n) is 4.02. The van der Waals surface area contributed by atoms with Gasteiger partial charge in [0.2, 0.25) is 0 Å². The third-order valence-electron chi connectivity index (χ3n) is 2.55. The number of carbonyl (C=O) groups is 1. The van der Waals surface area contributed by atoms with Crippen molar-refractivity contribution in [3.05, 3.63) is 59.2 Å². The Morgan fingerprint density at radius 2 is 2.16 bits per heavy atom. The zero-order chi connectivity index (χ0) is 13.8. The second kappa shape index (κ2) is 5.48. The maximum Gasteiger partial charge on any atom is 0.354 e. The van der Waals surface area contributed by atoms with Crippen molar-refractivity contribution in [1.82, 2.24) is 4.98 Å². The average Bonchev–Trinajstić information content (AvgIpc) is 2.40. The quantitative estimate of drug-likeness (QED) is 0.919. The zero-order valence-corrected chi connectivity index (χ0v) is 10.3. The second-order valence-corrected chi connectivity index (χ2v) is 4.02. The summed E-state index contributed by atoms with van der Waals surface area (Å²) in [5, 5.41) is 8.82. The molecule has 1 aromatic heterocycles. The first-order valence-electron chi connectivity index (χ1n) is 5.64. The summed E-state index contributed by atoms with van der Waals surface area (Å²) in [5.74, 6) is -1.06. The molecule has 0 atom stereocenters. The predicted octanol–water partition coefficient (Wildman–Crippen LogP) is 2.81. The number of carboxylic acid groups (broad SMARTS) is 1. The smallest absolute Gasteiger partial charge is 0.354 e. The van der Waals surface area contributed by atoms with Crippen LogP contribution in [0.4, 0.5) is 4.39 Å². The van der Waals surface area contributed by atoms with Gasteiger partial charge in [-0.15, -0.1) is 0 Å². The van der Waals surface area contributed by atoms with Crippen LogP contribution in [0, 0.1) is 12.7 Å². The van der Waals surface area contributed by atoms with Gasteiger partial charge < -0.3 is 9.84 Å². The Morgan fingerprint density at radius 3 is 2.89 bits per heavy atom. The van der Waals surface area contributed by atoms with Crippen LogP contribution < -0.4 is 4.74 Å². The van der Waals surface area contributed by atoms with Gasteiger partial charge in [0.1, 0.15) is 23.9 Å². The molecule has 0 saturated carbocycles. The van der Waals surface area contributed by atoms with E-state index < -0.39 is 5.97 Å². The van der Waals surface area contributed by atoms with Gasteiger partial charge in [0.05, 0.1) is 5.69 Å². The van der Waals surface area contributed by atoms with Crippen LogP contribution in [0.3, 0.4) is 0 Å². The molecular formula is C14H12FNO3. The number of pyridine rings is 1. The third kappa shape index (κ3) is 3.28. The maximum atomic E-state index is 13.1. The molecule has 98 valence electrons. The molecule has 0 fully saturated rings. The highest BCUT2D eigenvalue weighted by molar-refractivity contribution is 5.85. The van der Waals surface area contributed by atoms with Crippen LogP contribution in [0.1, 0.15) is 21.7 Å². The molecule has 5 heteroatoms. The van der Waals surface area contributed by atoms with E-state index in [0.717, 1.165) is 5.56 Å². The summed E-state index contributed by atoms with van der Waals surface area (Å²) in [6.07, 6.45) is 0. The number of halogens is 1. The van der Waals surface area contributed by atoms with E-state index in [4.69, 9.17) is 9.84 Å². The van der Waals surface area contributed by atoms with Gasteiger partial charge in [-0.05, 0) is 30.7 Å². The molecule has 0 spiro atoms. The topological polar surface area (TPSA) is 59.4 Å². The summed E-state index contributed by atoms with van der Waals surface area (Å²) in [6.45, 7) is 1.89. The largest absolute Gasteiger partial charge is 0.487 e. The Labute approximate surface area is 109 Å². The van der Waals surface area contributed by atoms with Gasteiger partial charge in [0.25, 0.3) is 0 Å². The molecule has 0 bridgehead atoms. The Balaban J connectivity index is 2.12. The molecule has 4 nitrogen and oxygen atoms in total. The van der Waals surface area contributed by atoms with E-state index in [2.05, 4.69) is 4.98 Å². The number of aromatic nitrogens is 1. The molecule has 2 rings (SSSR count).